The summed E-state index contributed by atoms with van der Waals surface area (Å²) >= 11 is 0. The van der Waals surface area contributed by atoms with E-state index in [-0.39, 0.29) is 31.2 Å². The molecule has 0 spiro atoms. The van der Waals surface area contributed by atoms with Crippen LogP contribution in [0.15, 0.2) is 36.4 Å². The van der Waals surface area contributed by atoms with Crippen molar-refractivity contribution >= 4 is 11.7 Å². The molecule has 5 nitrogen and oxygen atoms in total. The van der Waals surface area contributed by atoms with Crippen molar-refractivity contribution in [2.75, 3.05) is 19.9 Å². The van der Waals surface area contributed by atoms with E-state index in [0.29, 0.717) is 30.9 Å². The Bertz CT molecular complexity index is 931. The fraction of sp³-hybridized carbons (Fsp3) is 0.333. The number of hydrogen-bond donors (Lipinski definition) is 0. The zero-order chi connectivity index (χ0) is 19.7. The van der Waals surface area contributed by atoms with Gasteiger partial charge in [-0.05, 0) is 48.7 Å². The van der Waals surface area contributed by atoms with E-state index in [1.165, 1.54) is 0 Å². The van der Waals surface area contributed by atoms with E-state index in [9.17, 15) is 18.4 Å². The van der Waals surface area contributed by atoms with Gasteiger partial charge in [-0.1, -0.05) is 6.07 Å². The molecule has 2 heterocycles. The summed E-state index contributed by atoms with van der Waals surface area (Å²) in [5, 5.41) is 0. The average Bonchev–Trinajstić information content (AvgIpc) is 3.17. The quantitative estimate of drug-likeness (QED) is 0.755. The highest BCUT2D eigenvalue weighted by Crippen LogP contribution is 2.33. The number of carbonyl (C=O) groups is 2. The van der Waals surface area contributed by atoms with Crippen LogP contribution in [0.2, 0.25) is 0 Å². The molecule has 0 N–H and O–H groups in total. The summed E-state index contributed by atoms with van der Waals surface area (Å²) in [5.41, 5.74) is 0.536. The first-order chi connectivity index (χ1) is 13.5. The lowest BCUT2D eigenvalue weighted by Crippen LogP contribution is -2.43. The van der Waals surface area contributed by atoms with E-state index in [4.69, 9.17) is 9.47 Å². The Labute approximate surface area is 160 Å². The van der Waals surface area contributed by atoms with Crippen LogP contribution in [0, 0.1) is 17.6 Å². The van der Waals surface area contributed by atoms with Gasteiger partial charge in [-0.15, -0.1) is 0 Å². The molecule has 2 aromatic carbocycles. The van der Waals surface area contributed by atoms with Crippen LogP contribution < -0.4 is 9.47 Å². The van der Waals surface area contributed by atoms with E-state index >= 15 is 0 Å². The molecule has 4 rings (SSSR count). The van der Waals surface area contributed by atoms with Crippen molar-refractivity contribution < 1.29 is 27.8 Å². The van der Waals surface area contributed by atoms with Crippen molar-refractivity contribution in [2.24, 2.45) is 5.92 Å². The lowest BCUT2D eigenvalue weighted by molar-refractivity contribution is -0.131. The first kappa shape index (κ1) is 18.4. The maximum atomic E-state index is 13.9. The number of carbonyl (C=O) groups excluding carboxylic acids is 2. The highest BCUT2D eigenvalue weighted by molar-refractivity contribution is 5.98. The second kappa shape index (κ2) is 7.58. The molecule has 0 aromatic heterocycles. The Hall–Kier alpha value is -2.96. The summed E-state index contributed by atoms with van der Waals surface area (Å²) in [5.74, 6) is -1.25. The molecule has 2 aliphatic heterocycles. The summed E-state index contributed by atoms with van der Waals surface area (Å²) in [6, 6.07) is 8.20. The molecule has 0 radical (unpaired) electrons. The zero-order valence-corrected chi connectivity index (χ0v) is 15.1. The van der Waals surface area contributed by atoms with Gasteiger partial charge in [-0.2, -0.15) is 0 Å². The van der Waals surface area contributed by atoms with Gasteiger partial charge in [0.2, 0.25) is 12.7 Å². The van der Waals surface area contributed by atoms with Gasteiger partial charge in [0.15, 0.2) is 17.3 Å². The van der Waals surface area contributed by atoms with E-state index in [2.05, 4.69) is 0 Å². The number of amides is 1. The zero-order valence-electron chi connectivity index (χ0n) is 15.1. The van der Waals surface area contributed by atoms with Crippen LogP contribution in [0.1, 0.15) is 28.8 Å². The van der Waals surface area contributed by atoms with Crippen LogP contribution >= 0.6 is 0 Å². The Kier molecular flexibility index (Phi) is 4.98. The number of fused-ring (bicyclic) bond motifs is 1. The Morgan fingerprint density at radius 3 is 2.75 bits per heavy atom. The van der Waals surface area contributed by atoms with Gasteiger partial charge in [0.25, 0.3) is 0 Å². The number of hydrogen-bond acceptors (Lipinski definition) is 4. The number of nitrogens with zero attached hydrogens (tertiary/aromatic N) is 1. The van der Waals surface area contributed by atoms with Crippen molar-refractivity contribution in [1.29, 1.82) is 0 Å². The Balaban J connectivity index is 1.43. The smallest absolute Gasteiger partial charge is 0.231 e. The van der Waals surface area contributed by atoms with Gasteiger partial charge in [0, 0.05) is 19.0 Å². The average molecular weight is 387 g/mol. The lowest BCUT2D eigenvalue weighted by atomic mass is 9.89. The molecule has 0 unspecified atom stereocenters. The number of likely N-dealkylation sites (tertiary alicyclic amines) is 1. The minimum atomic E-state index is -0.741. The molecule has 0 bridgehead atoms. The SMILES string of the molecule is O=C(c1cc(F)ccc1F)[C@H]1CCCN(C(=O)Cc2ccc3c(c2)OCO3)C1. The van der Waals surface area contributed by atoms with Crippen molar-refractivity contribution in [3.8, 4) is 11.5 Å². The fourth-order valence-electron chi connectivity index (χ4n) is 3.66. The molecule has 0 saturated carbocycles. The molecular weight excluding hydrogens is 368 g/mol. The number of ketones is 1. The first-order valence-electron chi connectivity index (χ1n) is 9.17. The number of benzene rings is 2. The standard InChI is InChI=1S/C21H19F2NO4/c22-15-4-5-17(23)16(10-15)21(26)14-2-1-7-24(11-14)20(25)9-13-3-6-18-19(8-13)28-12-27-18/h3-6,8,10,14H,1-2,7,9,11-12H2/t14-/m0/s1. The monoisotopic (exact) mass is 387 g/mol. The van der Waals surface area contributed by atoms with Crippen LogP contribution in [0.5, 0.6) is 11.5 Å². The summed E-state index contributed by atoms with van der Waals surface area (Å²) < 4.78 is 37.9. The van der Waals surface area contributed by atoms with Crippen LogP contribution in [-0.4, -0.2) is 36.5 Å². The third kappa shape index (κ3) is 3.69. The topological polar surface area (TPSA) is 55.8 Å². The number of halogens is 2. The van der Waals surface area contributed by atoms with Crippen LogP contribution in [0.25, 0.3) is 0 Å². The Morgan fingerprint density at radius 2 is 1.89 bits per heavy atom. The minimum absolute atomic E-state index is 0.115. The van der Waals surface area contributed by atoms with Gasteiger partial charge >= 0.3 is 0 Å². The summed E-state index contributed by atoms with van der Waals surface area (Å²) in [4.78, 5) is 27.0. The molecule has 1 saturated heterocycles. The molecule has 2 aromatic rings. The van der Waals surface area contributed by atoms with E-state index in [0.717, 1.165) is 23.8 Å². The number of rotatable bonds is 4. The molecule has 0 aliphatic carbocycles. The summed E-state index contributed by atoms with van der Waals surface area (Å²) in [6.45, 7) is 0.913. The van der Waals surface area contributed by atoms with Crippen LogP contribution in [0.4, 0.5) is 8.78 Å². The minimum Gasteiger partial charge on any atom is -0.454 e. The van der Waals surface area contributed by atoms with Gasteiger partial charge in [-0.25, -0.2) is 8.78 Å². The maximum absolute atomic E-state index is 13.9. The molecule has 28 heavy (non-hydrogen) atoms. The van der Waals surface area contributed by atoms with Gasteiger partial charge in [0.05, 0.1) is 12.0 Å². The Morgan fingerprint density at radius 1 is 1.07 bits per heavy atom. The van der Waals surface area contributed by atoms with Crippen molar-refractivity contribution in [3.63, 3.8) is 0 Å². The third-order valence-electron chi connectivity index (χ3n) is 5.13. The third-order valence-corrected chi connectivity index (χ3v) is 5.13. The van der Waals surface area contributed by atoms with Crippen LogP contribution in [0.3, 0.4) is 0 Å². The molecular formula is C21H19F2NO4. The van der Waals surface area contributed by atoms with Gasteiger partial charge in [-0.3, -0.25) is 9.59 Å². The van der Waals surface area contributed by atoms with Crippen molar-refractivity contribution in [3.05, 3.63) is 59.2 Å². The number of piperidine rings is 1. The normalized spacial score (nSPS) is 18.2. The predicted molar refractivity (Wildman–Crippen MR) is 96.3 cm³/mol. The molecule has 1 atom stereocenters. The largest absolute Gasteiger partial charge is 0.454 e. The number of ether oxygens (including phenoxy) is 2. The molecule has 146 valence electrons. The number of Topliss-reactive ketones (excluding diaryl/α,β-unsaturated/α-hetero) is 1. The lowest BCUT2D eigenvalue weighted by Gasteiger charge is -2.32. The van der Waals surface area contributed by atoms with Crippen molar-refractivity contribution in [1.82, 2.24) is 4.90 Å². The highest BCUT2D eigenvalue weighted by atomic mass is 19.1. The van der Waals surface area contributed by atoms with Gasteiger partial charge < -0.3 is 14.4 Å². The van der Waals surface area contributed by atoms with E-state index in [1.54, 1.807) is 23.1 Å². The van der Waals surface area contributed by atoms with Gasteiger partial charge in [0.1, 0.15) is 11.6 Å². The molecule has 1 amide bonds. The van der Waals surface area contributed by atoms with E-state index in [1.807, 2.05) is 0 Å². The predicted octanol–water partition coefficient (Wildman–Crippen LogP) is 3.36. The molecule has 2 aliphatic rings. The maximum Gasteiger partial charge on any atom is 0.231 e. The highest BCUT2D eigenvalue weighted by Gasteiger charge is 2.30. The van der Waals surface area contributed by atoms with Crippen LogP contribution in [-0.2, 0) is 11.2 Å². The molecule has 7 heteroatoms. The summed E-state index contributed by atoms with van der Waals surface area (Å²) in [6.07, 6.45) is 1.36. The second-order valence-electron chi connectivity index (χ2n) is 7.03. The molecule has 1 fully saturated rings. The summed E-state index contributed by atoms with van der Waals surface area (Å²) in [7, 11) is 0. The van der Waals surface area contributed by atoms with Crippen molar-refractivity contribution in [2.45, 2.75) is 19.3 Å². The second-order valence-corrected chi connectivity index (χ2v) is 7.03. The van der Waals surface area contributed by atoms with E-state index < -0.39 is 23.3 Å². The fourth-order valence-corrected chi connectivity index (χ4v) is 3.66. The first-order valence-corrected chi connectivity index (χ1v) is 9.17.